The fraction of sp³-hybridized carbons (Fsp3) is 0.400. The van der Waals surface area contributed by atoms with Gasteiger partial charge in [0.15, 0.2) is 0 Å². The van der Waals surface area contributed by atoms with E-state index in [1.807, 2.05) is 10.9 Å². The maximum atomic E-state index is 13.6. The zero-order valence-electron chi connectivity index (χ0n) is 11.6. The highest BCUT2D eigenvalue weighted by Crippen LogP contribution is 2.18. The lowest BCUT2D eigenvalue weighted by Crippen LogP contribution is -2.15. The van der Waals surface area contributed by atoms with E-state index in [4.69, 9.17) is 16.3 Å². The second-order valence-electron chi connectivity index (χ2n) is 5.18. The summed E-state index contributed by atoms with van der Waals surface area (Å²) in [7, 11) is 0. The molecule has 6 heteroatoms. The Morgan fingerprint density at radius 3 is 3.19 bits per heavy atom. The van der Waals surface area contributed by atoms with E-state index < -0.39 is 0 Å². The molecule has 1 atom stereocenters. The highest BCUT2D eigenvalue weighted by Gasteiger charge is 2.16. The van der Waals surface area contributed by atoms with Gasteiger partial charge in [0.1, 0.15) is 5.82 Å². The number of rotatable bonds is 5. The van der Waals surface area contributed by atoms with Gasteiger partial charge in [-0.2, -0.15) is 5.10 Å². The summed E-state index contributed by atoms with van der Waals surface area (Å²) in [5.41, 5.74) is 1.39. The van der Waals surface area contributed by atoms with Crippen LogP contribution in [0.15, 0.2) is 30.6 Å². The Morgan fingerprint density at radius 2 is 2.38 bits per heavy atom. The number of benzene rings is 1. The number of hydrogen-bond acceptors (Lipinski definition) is 3. The normalized spacial score (nSPS) is 18.1. The molecule has 1 saturated heterocycles. The molecule has 0 spiro atoms. The van der Waals surface area contributed by atoms with Crippen molar-refractivity contribution in [3.8, 4) is 0 Å². The third-order valence-electron chi connectivity index (χ3n) is 3.54. The van der Waals surface area contributed by atoms with Crippen molar-refractivity contribution in [2.24, 2.45) is 0 Å². The summed E-state index contributed by atoms with van der Waals surface area (Å²) >= 11 is 5.87. The van der Waals surface area contributed by atoms with Gasteiger partial charge in [-0.15, -0.1) is 0 Å². The summed E-state index contributed by atoms with van der Waals surface area (Å²) in [6, 6.07) is 4.54. The van der Waals surface area contributed by atoms with Crippen molar-refractivity contribution < 1.29 is 9.13 Å². The minimum Gasteiger partial charge on any atom is -0.378 e. The van der Waals surface area contributed by atoms with Crippen LogP contribution in [0.5, 0.6) is 0 Å². The maximum Gasteiger partial charge on any atom is 0.128 e. The molecule has 0 saturated carbocycles. The third kappa shape index (κ3) is 3.74. The zero-order valence-corrected chi connectivity index (χ0v) is 12.3. The summed E-state index contributed by atoms with van der Waals surface area (Å²) in [5, 5.41) is 7.97. The van der Waals surface area contributed by atoms with Crippen LogP contribution in [-0.2, 0) is 17.8 Å². The fourth-order valence-corrected chi connectivity index (χ4v) is 2.62. The maximum absolute atomic E-state index is 13.6. The van der Waals surface area contributed by atoms with Crippen molar-refractivity contribution in [3.63, 3.8) is 0 Å². The van der Waals surface area contributed by atoms with Gasteiger partial charge in [0.05, 0.1) is 24.5 Å². The number of aromatic nitrogens is 2. The van der Waals surface area contributed by atoms with E-state index in [1.165, 1.54) is 6.07 Å². The van der Waals surface area contributed by atoms with Crippen LogP contribution in [0, 0.1) is 5.82 Å². The average molecular weight is 310 g/mol. The number of halogens is 2. The van der Waals surface area contributed by atoms with Gasteiger partial charge in [-0.25, -0.2) is 4.39 Å². The number of ether oxygens (including phenoxy) is 1. The van der Waals surface area contributed by atoms with Gasteiger partial charge < -0.3 is 10.1 Å². The summed E-state index contributed by atoms with van der Waals surface area (Å²) in [6.45, 7) is 1.97. The summed E-state index contributed by atoms with van der Waals surface area (Å²) in [5.74, 6) is -0.265. The molecule has 1 N–H and O–H groups in total. The molecule has 112 valence electrons. The van der Waals surface area contributed by atoms with E-state index in [0.717, 1.165) is 31.7 Å². The molecule has 1 aliphatic heterocycles. The second-order valence-corrected chi connectivity index (χ2v) is 5.61. The Morgan fingerprint density at radius 1 is 1.48 bits per heavy atom. The van der Waals surface area contributed by atoms with Crippen LogP contribution in [0.4, 0.5) is 10.1 Å². The lowest BCUT2D eigenvalue weighted by Gasteiger charge is -2.08. The molecule has 3 rings (SSSR count). The second kappa shape index (κ2) is 6.45. The van der Waals surface area contributed by atoms with Crippen molar-refractivity contribution >= 4 is 17.3 Å². The molecule has 1 aliphatic rings. The van der Waals surface area contributed by atoms with Gasteiger partial charge in [-0.3, -0.25) is 4.68 Å². The standard InChI is InChI=1S/C15H17ClFN3O/c16-12-3-4-15(17)11(6-12)7-18-13-8-19-20(9-13)10-14-2-1-5-21-14/h3-4,6,8-9,14,18H,1-2,5,7,10H2. The molecule has 1 unspecified atom stereocenters. The Hall–Kier alpha value is -1.59. The van der Waals surface area contributed by atoms with Gasteiger partial charge >= 0.3 is 0 Å². The van der Waals surface area contributed by atoms with Gasteiger partial charge in [0.2, 0.25) is 0 Å². The predicted molar refractivity (Wildman–Crippen MR) is 79.9 cm³/mol. The first-order valence-corrected chi connectivity index (χ1v) is 7.40. The number of anilines is 1. The van der Waals surface area contributed by atoms with E-state index in [0.29, 0.717) is 17.1 Å². The van der Waals surface area contributed by atoms with Gasteiger partial charge in [-0.05, 0) is 31.0 Å². The SMILES string of the molecule is Fc1ccc(Cl)cc1CNc1cnn(CC2CCCO2)c1. The highest BCUT2D eigenvalue weighted by molar-refractivity contribution is 6.30. The molecule has 0 amide bonds. The Balaban J connectivity index is 1.58. The summed E-state index contributed by atoms with van der Waals surface area (Å²) in [4.78, 5) is 0. The van der Waals surface area contributed by atoms with Crippen molar-refractivity contribution in [1.29, 1.82) is 0 Å². The first-order valence-electron chi connectivity index (χ1n) is 7.02. The van der Waals surface area contributed by atoms with Gasteiger partial charge in [-0.1, -0.05) is 11.6 Å². The molecule has 1 aromatic heterocycles. The Bertz CT molecular complexity index is 611. The smallest absolute Gasteiger partial charge is 0.128 e. The minimum absolute atomic E-state index is 0.253. The molecule has 2 aromatic rings. The van der Waals surface area contributed by atoms with Crippen LogP contribution in [0.25, 0.3) is 0 Å². The first kappa shape index (κ1) is 14.4. The molecule has 0 aliphatic carbocycles. The Kier molecular flexibility index (Phi) is 4.41. The third-order valence-corrected chi connectivity index (χ3v) is 3.77. The van der Waals surface area contributed by atoms with E-state index in [9.17, 15) is 4.39 Å². The number of nitrogens with zero attached hydrogens (tertiary/aromatic N) is 2. The highest BCUT2D eigenvalue weighted by atomic mass is 35.5. The molecule has 1 fully saturated rings. The number of nitrogens with one attached hydrogen (secondary N) is 1. The monoisotopic (exact) mass is 309 g/mol. The van der Waals surface area contributed by atoms with Crippen molar-refractivity contribution in [2.75, 3.05) is 11.9 Å². The van der Waals surface area contributed by atoms with Crippen LogP contribution in [0.2, 0.25) is 5.02 Å². The van der Waals surface area contributed by atoms with Crippen LogP contribution in [-0.4, -0.2) is 22.5 Å². The van der Waals surface area contributed by atoms with Crippen molar-refractivity contribution in [3.05, 3.63) is 47.0 Å². The van der Waals surface area contributed by atoms with E-state index in [-0.39, 0.29) is 11.9 Å². The Labute approximate surface area is 127 Å². The average Bonchev–Trinajstić information content (AvgIpc) is 3.12. The quantitative estimate of drug-likeness (QED) is 0.919. The summed E-state index contributed by atoms with van der Waals surface area (Å²) < 4.78 is 21.0. The number of hydrogen-bond donors (Lipinski definition) is 1. The molecule has 0 radical (unpaired) electrons. The van der Waals surface area contributed by atoms with Crippen LogP contribution < -0.4 is 5.32 Å². The lowest BCUT2D eigenvalue weighted by molar-refractivity contribution is 0.0940. The molecule has 1 aromatic carbocycles. The summed E-state index contributed by atoms with van der Waals surface area (Å²) in [6.07, 6.45) is 6.09. The van der Waals surface area contributed by atoms with E-state index in [2.05, 4.69) is 10.4 Å². The first-order chi connectivity index (χ1) is 10.2. The van der Waals surface area contributed by atoms with E-state index >= 15 is 0 Å². The largest absolute Gasteiger partial charge is 0.378 e. The zero-order chi connectivity index (χ0) is 14.7. The van der Waals surface area contributed by atoms with Crippen LogP contribution in [0.1, 0.15) is 18.4 Å². The molecular weight excluding hydrogens is 293 g/mol. The van der Waals surface area contributed by atoms with Gasteiger partial charge in [0, 0.05) is 29.9 Å². The van der Waals surface area contributed by atoms with Crippen LogP contribution >= 0.6 is 11.6 Å². The molecular formula is C15H17ClFN3O. The lowest BCUT2D eigenvalue weighted by atomic mass is 10.2. The predicted octanol–water partition coefficient (Wildman–Crippen LogP) is 3.47. The topological polar surface area (TPSA) is 39.1 Å². The van der Waals surface area contributed by atoms with Gasteiger partial charge in [0.25, 0.3) is 0 Å². The molecule has 4 nitrogen and oxygen atoms in total. The fourth-order valence-electron chi connectivity index (χ4n) is 2.43. The molecule has 21 heavy (non-hydrogen) atoms. The van der Waals surface area contributed by atoms with Crippen molar-refractivity contribution in [2.45, 2.75) is 32.0 Å². The minimum atomic E-state index is -0.265. The molecule has 0 bridgehead atoms. The van der Waals surface area contributed by atoms with Crippen molar-refractivity contribution in [1.82, 2.24) is 9.78 Å². The van der Waals surface area contributed by atoms with E-state index in [1.54, 1.807) is 18.3 Å². The van der Waals surface area contributed by atoms with Crippen LogP contribution in [0.3, 0.4) is 0 Å². The molecule has 2 heterocycles.